The number of hydrogen-bond donors (Lipinski definition) is 1. The Morgan fingerprint density at radius 2 is 1.89 bits per heavy atom. The van der Waals surface area contributed by atoms with Crippen molar-refractivity contribution < 1.29 is 17.9 Å². The summed E-state index contributed by atoms with van der Waals surface area (Å²) in [5.74, 6) is 1.40. The van der Waals surface area contributed by atoms with Crippen molar-refractivity contribution in [3.8, 4) is 0 Å². The average molecular weight is 513 g/mol. The highest BCUT2D eigenvalue weighted by Crippen LogP contribution is 2.31. The van der Waals surface area contributed by atoms with Crippen molar-refractivity contribution in [2.24, 2.45) is 5.92 Å². The maximum absolute atomic E-state index is 13.4. The molecule has 5 rings (SSSR count). The number of carbonyl (C=O) groups excluding carboxylic acids is 1. The first-order valence-electron chi connectivity index (χ1n) is 12.9. The number of benzene rings is 1. The van der Waals surface area contributed by atoms with E-state index in [2.05, 4.69) is 30.7 Å². The number of aromatic nitrogens is 3. The second-order valence-corrected chi connectivity index (χ2v) is 13.1. The van der Waals surface area contributed by atoms with Crippen LogP contribution in [0.3, 0.4) is 0 Å². The minimum absolute atomic E-state index is 0.0685. The highest BCUT2D eigenvalue weighted by Gasteiger charge is 2.27. The van der Waals surface area contributed by atoms with Gasteiger partial charge in [0.2, 0.25) is 5.91 Å². The van der Waals surface area contributed by atoms with E-state index in [1.165, 1.54) is 16.4 Å². The molecule has 8 nitrogen and oxygen atoms in total. The molecule has 36 heavy (non-hydrogen) atoms. The summed E-state index contributed by atoms with van der Waals surface area (Å²) < 4.78 is 35.8. The van der Waals surface area contributed by atoms with Crippen LogP contribution in [-0.4, -0.2) is 47.1 Å². The number of amides is 1. The molecule has 1 aliphatic heterocycles. The molecule has 9 heteroatoms. The van der Waals surface area contributed by atoms with Crippen molar-refractivity contribution in [1.82, 2.24) is 18.8 Å². The number of ether oxygens (including phenoxy) is 1. The summed E-state index contributed by atoms with van der Waals surface area (Å²) in [6.07, 6.45) is 8.43. The summed E-state index contributed by atoms with van der Waals surface area (Å²) >= 11 is 0. The van der Waals surface area contributed by atoms with E-state index in [1.807, 2.05) is 6.07 Å². The molecule has 0 spiro atoms. The average Bonchev–Trinajstić information content (AvgIpc) is 3.42. The second kappa shape index (κ2) is 9.67. The van der Waals surface area contributed by atoms with E-state index in [4.69, 9.17) is 9.72 Å². The zero-order valence-corrected chi connectivity index (χ0v) is 22.2. The number of nitrogens with one attached hydrogen (secondary N) is 1. The Hall–Kier alpha value is -2.65. The summed E-state index contributed by atoms with van der Waals surface area (Å²) in [5.41, 5.74) is 2.12. The van der Waals surface area contributed by atoms with Crippen LogP contribution >= 0.6 is 0 Å². The molecule has 1 amide bonds. The Morgan fingerprint density at radius 3 is 2.56 bits per heavy atom. The van der Waals surface area contributed by atoms with Crippen molar-refractivity contribution in [1.29, 1.82) is 0 Å². The van der Waals surface area contributed by atoms with Gasteiger partial charge in [0, 0.05) is 43.6 Å². The fraction of sp³-hybridized carbons (Fsp3) is 0.556. The van der Waals surface area contributed by atoms with Crippen LogP contribution in [0.1, 0.15) is 64.3 Å². The molecular formula is C27H36N4O4S. The Labute approximate surface area is 213 Å². The van der Waals surface area contributed by atoms with Crippen LogP contribution in [0.5, 0.6) is 0 Å². The van der Waals surface area contributed by atoms with Gasteiger partial charge in [0.1, 0.15) is 5.82 Å². The molecule has 194 valence electrons. The van der Waals surface area contributed by atoms with Gasteiger partial charge in [-0.1, -0.05) is 20.8 Å². The summed E-state index contributed by atoms with van der Waals surface area (Å²) in [6.45, 7) is 8.82. The Balaban J connectivity index is 1.41. The molecule has 3 heterocycles. The molecule has 1 aromatic carbocycles. The number of hydrogen-bond acceptors (Lipinski definition) is 5. The van der Waals surface area contributed by atoms with E-state index in [0.717, 1.165) is 63.2 Å². The maximum atomic E-state index is 13.4. The summed E-state index contributed by atoms with van der Waals surface area (Å²) in [5, 5.41) is 3.00. The summed E-state index contributed by atoms with van der Waals surface area (Å²) in [6, 6.07) is 7.16. The Kier molecular flexibility index (Phi) is 6.72. The van der Waals surface area contributed by atoms with E-state index >= 15 is 0 Å². The molecule has 2 aromatic heterocycles. The van der Waals surface area contributed by atoms with Crippen LogP contribution in [0, 0.1) is 5.92 Å². The van der Waals surface area contributed by atoms with Crippen molar-refractivity contribution in [3.05, 3.63) is 48.0 Å². The number of carbonyl (C=O) groups is 1. The van der Waals surface area contributed by atoms with Gasteiger partial charge >= 0.3 is 0 Å². The molecule has 0 bridgehead atoms. The van der Waals surface area contributed by atoms with Gasteiger partial charge in [-0.15, -0.1) is 0 Å². The van der Waals surface area contributed by atoms with Gasteiger partial charge in [0.05, 0.1) is 22.3 Å². The lowest BCUT2D eigenvalue weighted by atomic mass is 9.93. The normalized spacial score (nSPS) is 17.9. The highest BCUT2D eigenvalue weighted by molar-refractivity contribution is 7.90. The predicted molar refractivity (Wildman–Crippen MR) is 138 cm³/mol. The van der Waals surface area contributed by atoms with Gasteiger partial charge in [0.15, 0.2) is 0 Å². The first-order chi connectivity index (χ1) is 17.1. The quantitative estimate of drug-likeness (QED) is 0.516. The largest absolute Gasteiger partial charge is 0.381 e. The molecule has 1 aliphatic carbocycles. The van der Waals surface area contributed by atoms with E-state index in [1.54, 1.807) is 18.2 Å². The minimum atomic E-state index is -3.81. The van der Waals surface area contributed by atoms with Crippen molar-refractivity contribution in [2.45, 2.75) is 82.2 Å². The smallest absolute Gasteiger partial charge is 0.267 e. The molecule has 1 saturated carbocycles. The van der Waals surface area contributed by atoms with Crippen LogP contribution in [0.2, 0.25) is 0 Å². The fourth-order valence-corrected chi connectivity index (χ4v) is 6.27. The van der Waals surface area contributed by atoms with E-state index in [0.29, 0.717) is 17.0 Å². The third-order valence-electron chi connectivity index (χ3n) is 7.31. The van der Waals surface area contributed by atoms with Crippen LogP contribution in [0.4, 0.5) is 0 Å². The number of nitrogens with zero attached hydrogens (tertiary/aromatic N) is 3. The molecule has 2 aliphatic rings. The van der Waals surface area contributed by atoms with Crippen LogP contribution in [-0.2, 0) is 37.9 Å². The fourth-order valence-electron chi connectivity index (χ4n) is 5.03. The third-order valence-corrected chi connectivity index (χ3v) is 8.94. The lowest BCUT2D eigenvalue weighted by Crippen LogP contribution is -2.40. The SMILES string of the molecule is CC(C)(C)c1nc2cc(S(=O)(=O)n3ccc(CC(=O)NC4CCC4)c3)ccc2n1CC1CCOCC1. The molecular weight excluding hydrogens is 476 g/mol. The summed E-state index contributed by atoms with van der Waals surface area (Å²) in [7, 11) is -3.81. The molecule has 3 aromatic rings. The first kappa shape index (κ1) is 25.0. The molecule has 1 saturated heterocycles. The molecule has 1 N–H and O–H groups in total. The van der Waals surface area contributed by atoms with E-state index in [9.17, 15) is 13.2 Å². The zero-order chi connectivity index (χ0) is 25.5. The lowest BCUT2D eigenvalue weighted by Gasteiger charge is -2.26. The van der Waals surface area contributed by atoms with Gasteiger partial charge in [-0.2, -0.15) is 0 Å². The third kappa shape index (κ3) is 5.09. The van der Waals surface area contributed by atoms with Gasteiger partial charge in [0.25, 0.3) is 10.0 Å². The molecule has 0 radical (unpaired) electrons. The topological polar surface area (TPSA) is 95.2 Å². The predicted octanol–water partition coefficient (Wildman–Crippen LogP) is 4.01. The van der Waals surface area contributed by atoms with Crippen LogP contribution in [0.15, 0.2) is 41.6 Å². The second-order valence-electron chi connectivity index (χ2n) is 11.2. The first-order valence-corrected chi connectivity index (χ1v) is 14.4. The standard InChI is InChI=1S/C27H36N4O4S/c1-27(2,3)26-29-23-16-22(7-8-24(23)31(26)18-19-10-13-35-14-11-19)36(33,34)30-12-9-20(17-30)15-25(32)28-21-5-4-6-21/h7-9,12,16-17,19,21H,4-6,10-11,13-15,18H2,1-3H3,(H,28,32). The number of fused-ring (bicyclic) bond motifs is 1. The van der Waals surface area contributed by atoms with Gasteiger partial charge in [-0.25, -0.2) is 17.4 Å². The van der Waals surface area contributed by atoms with Gasteiger partial charge in [-0.3, -0.25) is 4.79 Å². The molecule has 0 atom stereocenters. The van der Waals surface area contributed by atoms with E-state index < -0.39 is 10.0 Å². The van der Waals surface area contributed by atoms with Crippen molar-refractivity contribution in [2.75, 3.05) is 13.2 Å². The molecule has 0 unspecified atom stereocenters. The zero-order valence-electron chi connectivity index (χ0n) is 21.4. The van der Waals surface area contributed by atoms with Crippen LogP contribution in [0.25, 0.3) is 11.0 Å². The van der Waals surface area contributed by atoms with Crippen molar-refractivity contribution in [3.63, 3.8) is 0 Å². The number of imidazole rings is 1. The van der Waals surface area contributed by atoms with Crippen LogP contribution < -0.4 is 5.32 Å². The van der Waals surface area contributed by atoms with Crippen molar-refractivity contribution >= 4 is 27.0 Å². The Morgan fingerprint density at radius 1 is 1.14 bits per heavy atom. The van der Waals surface area contributed by atoms with E-state index in [-0.39, 0.29) is 28.7 Å². The monoisotopic (exact) mass is 512 g/mol. The summed E-state index contributed by atoms with van der Waals surface area (Å²) in [4.78, 5) is 17.4. The lowest BCUT2D eigenvalue weighted by molar-refractivity contribution is -0.121. The highest BCUT2D eigenvalue weighted by atomic mass is 32.2. The Bertz CT molecular complexity index is 1360. The number of rotatable bonds is 7. The maximum Gasteiger partial charge on any atom is 0.267 e. The van der Waals surface area contributed by atoms with Gasteiger partial charge < -0.3 is 14.6 Å². The molecule has 2 fully saturated rings. The minimum Gasteiger partial charge on any atom is -0.381 e. The van der Waals surface area contributed by atoms with Gasteiger partial charge in [-0.05, 0) is 67.9 Å².